The van der Waals surface area contributed by atoms with Crippen LogP contribution in [-0.2, 0) is 9.53 Å². The molecule has 0 radical (unpaired) electrons. The topological polar surface area (TPSA) is 94.8 Å². The van der Waals surface area contributed by atoms with Crippen molar-refractivity contribution in [1.82, 2.24) is 0 Å². The molecule has 3 rings (SSSR count). The molecule has 1 N–H and O–H groups in total. The highest BCUT2D eigenvalue weighted by Crippen LogP contribution is 2.27. The van der Waals surface area contributed by atoms with E-state index in [2.05, 4.69) is 5.32 Å². The zero-order valence-electron chi connectivity index (χ0n) is 17.3. The second kappa shape index (κ2) is 8.82. The Balaban J connectivity index is 1.73. The van der Waals surface area contributed by atoms with Gasteiger partial charge < -0.3 is 19.2 Å². The molecule has 0 unspecified atom stereocenters. The van der Waals surface area contributed by atoms with Crippen LogP contribution >= 0.6 is 0 Å². The first-order chi connectivity index (χ1) is 14.3. The van der Waals surface area contributed by atoms with Crippen LogP contribution in [0.5, 0.6) is 5.75 Å². The van der Waals surface area contributed by atoms with E-state index in [1.54, 1.807) is 30.3 Å². The SMILES string of the molecule is COC(=O)c1ccc(C)c(NC(=O)COc2ccc3c(C(C)C)cc(=O)oc3c2)c1. The maximum absolute atomic E-state index is 12.3. The number of ether oxygens (including phenoxy) is 2. The van der Waals surface area contributed by atoms with Crippen molar-refractivity contribution in [3.63, 3.8) is 0 Å². The van der Waals surface area contributed by atoms with Crippen LogP contribution in [0.3, 0.4) is 0 Å². The van der Waals surface area contributed by atoms with Crippen molar-refractivity contribution in [1.29, 1.82) is 0 Å². The van der Waals surface area contributed by atoms with E-state index in [0.717, 1.165) is 16.5 Å². The van der Waals surface area contributed by atoms with Crippen LogP contribution in [0.15, 0.2) is 51.7 Å². The lowest BCUT2D eigenvalue weighted by Gasteiger charge is -2.12. The van der Waals surface area contributed by atoms with E-state index in [1.807, 2.05) is 26.8 Å². The highest BCUT2D eigenvalue weighted by atomic mass is 16.5. The average molecular weight is 409 g/mol. The van der Waals surface area contributed by atoms with Gasteiger partial charge in [0.05, 0.1) is 12.7 Å². The van der Waals surface area contributed by atoms with Gasteiger partial charge >= 0.3 is 11.6 Å². The van der Waals surface area contributed by atoms with Crippen molar-refractivity contribution in [2.45, 2.75) is 26.7 Å². The zero-order valence-corrected chi connectivity index (χ0v) is 17.3. The third-order valence-corrected chi connectivity index (χ3v) is 4.67. The molecule has 0 atom stereocenters. The number of rotatable bonds is 6. The smallest absolute Gasteiger partial charge is 0.337 e. The summed E-state index contributed by atoms with van der Waals surface area (Å²) in [4.78, 5) is 35.8. The van der Waals surface area contributed by atoms with Gasteiger partial charge in [-0.2, -0.15) is 0 Å². The van der Waals surface area contributed by atoms with Gasteiger partial charge in [-0.15, -0.1) is 0 Å². The Hall–Kier alpha value is -3.61. The van der Waals surface area contributed by atoms with Gasteiger partial charge in [0.25, 0.3) is 5.91 Å². The Labute approximate surface area is 173 Å². The molecule has 0 saturated carbocycles. The van der Waals surface area contributed by atoms with Crippen LogP contribution in [-0.4, -0.2) is 25.6 Å². The molecule has 2 aromatic carbocycles. The third kappa shape index (κ3) is 4.68. The summed E-state index contributed by atoms with van der Waals surface area (Å²) in [7, 11) is 1.30. The number of anilines is 1. The first-order valence-electron chi connectivity index (χ1n) is 9.48. The zero-order chi connectivity index (χ0) is 21.8. The minimum atomic E-state index is -0.486. The maximum atomic E-state index is 12.3. The summed E-state index contributed by atoms with van der Waals surface area (Å²) >= 11 is 0. The summed E-state index contributed by atoms with van der Waals surface area (Å²) in [6.07, 6.45) is 0. The predicted molar refractivity (Wildman–Crippen MR) is 113 cm³/mol. The molecule has 0 fully saturated rings. The average Bonchev–Trinajstić information content (AvgIpc) is 2.72. The van der Waals surface area contributed by atoms with Crippen molar-refractivity contribution in [2.75, 3.05) is 19.0 Å². The fraction of sp³-hybridized carbons (Fsp3) is 0.261. The Morgan fingerprint density at radius 1 is 1.10 bits per heavy atom. The number of carbonyl (C=O) groups is 2. The Morgan fingerprint density at radius 3 is 2.57 bits per heavy atom. The van der Waals surface area contributed by atoms with Crippen molar-refractivity contribution in [2.24, 2.45) is 0 Å². The minimum absolute atomic E-state index is 0.165. The lowest BCUT2D eigenvalue weighted by Crippen LogP contribution is -2.21. The summed E-state index contributed by atoms with van der Waals surface area (Å²) in [5, 5.41) is 3.56. The summed E-state index contributed by atoms with van der Waals surface area (Å²) in [5.74, 6) is -0.308. The third-order valence-electron chi connectivity index (χ3n) is 4.67. The Morgan fingerprint density at radius 2 is 1.87 bits per heavy atom. The molecule has 7 nitrogen and oxygen atoms in total. The Bertz CT molecular complexity index is 1160. The maximum Gasteiger partial charge on any atom is 0.337 e. The van der Waals surface area contributed by atoms with Gasteiger partial charge in [0, 0.05) is 23.2 Å². The molecule has 156 valence electrons. The van der Waals surface area contributed by atoms with Crippen molar-refractivity contribution < 1.29 is 23.5 Å². The van der Waals surface area contributed by atoms with Gasteiger partial charge in [0.2, 0.25) is 0 Å². The molecule has 0 bridgehead atoms. The van der Waals surface area contributed by atoms with Gasteiger partial charge in [-0.3, -0.25) is 4.79 Å². The van der Waals surface area contributed by atoms with Crippen molar-refractivity contribution in [3.8, 4) is 5.75 Å². The van der Waals surface area contributed by atoms with Crippen LogP contribution in [0.25, 0.3) is 11.0 Å². The molecule has 1 aromatic heterocycles. The molecule has 3 aromatic rings. The van der Waals surface area contributed by atoms with E-state index in [1.165, 1.54) is 13.2 Å². The van der Waals surface area contributed by atoms with E-state index in [4.69, 9.17) is 13.9 Å². The molecule has 0 spiro atoms. The first kappa shape index (κ1) is 21.1. The van der Waals surface area contributed by atoms with E-state index in [-0.39, 0.29) is 12.5 Å². The monoisotopic (exact) mass is 409 g/mol. The molecule has 0 aliphatic carbocycles. The standard InChI is InChI=1S/C23H23NO6/c1-13(2)18-11-22(26)30-20-10-16(7-8-17(18)20)29-12-21(25)24-19-9-15(23(27)28-4)6-5-14(19)3/h5-11,13H,12H2,1-4H3,(H,24,25). The number of hydrogen-bond donors (Lipinski definition) is 1. The highest BCUT2D eigenvalue weighted by molar-refractivity contribution is 5.96. The molecule has 0 saturated heterocycles. The van der Waals surface area contributed by atoms with Gasteiger partial charge in [-0.1, -0.05) is 19.9 Å². The first-order valence-corrected chi connectivity index (χ1v) is 9.48. The molecule has 7 heteroatoms. The summed E-state index contributed by atoms with van der Waals surface area (Å²) in [5.41, 5.74) is 2.51. The van der Waals surface area contributed by atoms with Crippen molar-refractivity contribution in [3.05, 3.63) is 69.6 Å². The number of methoxy groups -OCH3 is 1. The van der Waals surface area contributed by atoms with Gasteiger partial charge in [0.1, 0.15) is 11.3 Å². The summed E-state index contributed by atoms with van der Waals surface area (Å²) in [6.45, 7) is 5.57. The Kier molecular flexibility index (Phi) is 6.20. The number of benzene rings is 2. The molecule has 1 amide bonds. The largest absolute Gasteiger partial charge is 0.484 e. The second-order valence-electron chi connectivity index (χ2n) is 7.19. The van der Waals surface area contributed by atoms with E-state index >= 15 is 0 Å². The number of nitrogens with one attached hydrogen (secondary N) is 1. The number of esters is 1. The summed E-state index contributed by atoms with van der Waals surface area (Å²) in [6, 6.07) is 11.5. The number of carbonyl (C=O) groups excluding carboxylic acids is 2. The van der Waals surface area contributed by atoms with Crippen LogP contribution in [0, 0.1) is 6.92 Å². The molecular weight excluding hydrogens is 386 g/mol. The van der Waals surface area contributed by atoms with E-state index in [9.17, 15) is 14.4 Å². The molecule has 0 aliphatic rings. The van der Waals surface area contributed by atoms with Gasteiger partial charge in [-0.05, 0) is 48.2 Å². The molecule has 1 heterocycles. The summed E-state index contributed by atoms with van der Waals surface area (Å²) < 4.78 is 15.5. The lowest BCUT2D eigenvalue weighted by atomic mass is 10.00. The number of fused-ring (bicyclic) bond motifs is 1. The number of amides is 1. The van der Waals surface area contributed by atoms with Crippen LogP contribution in [0.1, 0.15) is 41.3 Å². The normalized spacial score (nSPS) is 10.8. The fourth-order valence-electron chi connectivity index (χ4n) is 3.07. The predicted octanol–water partition coefficient (Wildman–Crippen LogP) is 4.03. The van der Waals surface area contributed by atoms with E-state index in [0.29, 0.717) is 22.6 Å². The van der Waals surface area contributed by atoms with Crippen LogP contribution in [0.2, 0.25) is 0 Å². The highest BCUT2D eigenvalue weighted by Gasteiger charge is 2.13. The second-order valence-corrected chi connectivity index (χ2v) is 7.19. The van der Waals surface area contributed by atoms with Gasteiger partial charge in [0.15, 0.2) is 6.61 Å². The molecular formula is C23H23NO6. The number of aryl methyl sites for hydroxylation is 1. The van der Waals surface area contributed by atoms with Crippen LogP contribution < -0.4 is 15.7 Å². The lowest BCUT2D eigenvalue weighted by molar-refractivity contribution is -0.118. The fourth-order valence-corrected chi connectivity index (χ4v) is 3.07. The van der Waals surface area contributed by atoms with Gasteiger partial charge in [-0.25, -0.2) is 9.59 Å². The van der Waals surface area contributed by atoms with Crippen LogP contribution in [0.4, 0.5) is 5.69 Å². The minimum Gasteiger partial charge on any atom is -0.484 e. The number of hydrogen-bond acceptors (Lipinski definition) is 6. The van der Waals surface area contributed by atoms with Crippen molar-refractivity contribution >= 4 is 28.5 Å². The van der Waals surface area contributed by atoms with E-state index < -0.39 is 17.5 Å². The molecule has 0 aliphatic heterocycles. The molecule has 30 heavy (non-hydrogen) atoms. The quantitative estimate of drug-likeness (QED) is 0.488.